The van der Waals surface area contributed by atoms with Crippen molar-refractivity contribution in [2.75, 3.05) is 20.1 Å². The molecule has 9 heteroatoms. The molecule has 29 heavy (non-hydrogen) atoms. The van der Waals surface area contributed by atoms with Crippen molar-refractivity contribution in [2.24, 2.45) is 4.99 Å². The summed E-state index contributed by atoms with van der Waals surface area (Å²) in [5, 5.41) is 10.9. The van der Waals surface area contributed by atoms with Crippen LogP contribution in [0, 0.1) is 5.82 Å². The minimum absolute atomic E-state index is 0. The molecule has 0 saturated carbocycles. The normalized spacial score (nSPS) is 11.1. The maximum Gasteiger partial charge on any atom is 0.228 e. The fourth-order valence-corrected chi connectivity index (χ4v) is 2.82. The van der Waals surface area contributed by atoms with Gasteiger partial charge in [-0.25, -0.2) is 4.39 Å². The highest BCUT2D eigenvalue weighted by atomic mass is 127. The zero-order chi connectivity index (χ0) is 19.8. The van der Waals surface area contributed by atoms with Gasteiger partial charge in [0.05, 0.1) is 0 Å². The first kappa shape index (κ1) is 23.1. The summed E-state index contributed by atoms with van der Waals surface area (Å²) in [4.78, 5) is 8.53. The number of nitrogens with zero attached hydrogens (tertiary/aromatic N) is 3. The summed E-state index contributed by atoms with van der Waals surface area (Å²) in [6.45, 7) is 1.14. The van der Waals surface area contributed by atoms with E-state index in [0.29, 0.717) is 54.2 Å². The van der Waals surface area contributed by atoms with E-state index in [4.69, 9.17) is 16.1 Å². The third kappa shape index (κ3) is 6.97. The van der Waals surface area contributed by atoms with E-state index in [2.05, 4.69) is 25.8 Å². The van der Waals surface area contributed by atoms with Gasteiger partial charge in [0.25, 0.3) is 0 Å². The van der Waals surface area contributed by atoms with E-state index in [-0.39, 0.29) is 29.8 Å². The summed E-state index contributed by atoms with van der Waals surface area (Å²) < 4.78 is 18.9. The first-order valence-corrected chi connectivity index (χ1v) is 9.30. The maximum absolute atomic E-state index is 13.6. The molecule has 2 N–H and O–H groups in total. The Bertz CT molecular complexity index is 950. The van der Waals surface area contributed by atoms with Crippen LogP contribution in [0.5, 0.6) is 0 Å². The second kappa shape index (κ2) is 11.7. The SMILES string of the molecule is CN=C(NCCc1nc(-c2cccc(Cl)c2)no1)NCCc1ccccc1F.I. The smallest absolute Gasteiger partial charge is 0.228 e. The lowest BCUT2D eigenvalue weighted by Crippen LogP contribution is -2.39. The highest BCUT2D eigenvalue weighted by molar-refractivity contribution is 14.0. The van der Waals surface area contributed by atoms with Crippen LogP contribution in [0.15, 0.2) is 58.0 Å². The number of halogens is 3. The van der Waals surface area contributed by atoms with Gasteiger partial charge in [-0.3, -0.25) is 4.99 Å². The van der Waals surface area contributed by atoms with E-state index in [9.17, 15) is 4.39 Å². The summed E-state index contributed by atoms with van der Waals surface area (Å²) in [6, 6.07) is 14.0. The molecule has 0 fully saturated rings. The molecular weight excluding hydrogens is 508 g/mol. The number of aromatic nitrogens is 2. The summed E-state index contributed by atoms with van der Waals surface area (Å²) in [6.07, 6.45) is 1.11. The van der Waals surface area contributed by atoms with E-state index in [0.717, 1.165) is 5.56 Å². The van der Waals surface area contributed by atoms with E-state index in [1.807, 2.05) is 18.2 Å². The fourth-order valence-electron chi connectivity index (χ4n) is 2.63. The van der Waals surface area contributed by atoms with Gasteiger partial charge in [0.2, 0.25) is 11.7 Å². The summed E-state index contributed by atoms with van der Waals surface area (Å²) >= 11 is 5.99. The predicted octanol–water partition coefficient (Wildman–Crippen LogP) is 4.10. The quantitative estimate of drug-likeness (QED) is 0.274. The largest absolute Gasteiger partial charge is 0.356 e. The van der Waals surface area contributed by atoms with Crippen LogP contribution >= 0.6 is 35.6 Å². The van der Waals surface area contributed by atoms with Crippen LogP contribution in [-0.2, 0) is 12.8 Å². The Balaban J connectivity index is 0.00000300. The predicted molar refractivity (Wildman–Crippen MR) is 123 cm³/mol. The maximum atomic E-state index is 13.6. The number of nitrogens with one attached hydrogen (secondary N) is 2. The molecular formula is C20H22ClFIN5O. The lowest BCUT2D eigenvalue weighted by molar-refractivity contribution is 0.378. The molecule has 0 spiro atoms. The fraction of sp³-hybridized carbons (Fsp3) is 0.250. The van der Waals surface area contributed by atoms with Gasteiger partial charge in [0, 0.05) is 37.1 Å². The number of hydrogen-bond acceptors (Lipinski definition) is 4. The van der Waals surface area contributed by atoms with Crippen LogP contribution in [0.4, 0.5) is 4.39 Å². The lowest BCUT2D eigenvalue weighted by Gasteiger charge is -2.11. The topological polar surface area (TPSA) is 75.3 Å². The van der Waals surface area contributed by atoms with Crippen molar-refractivity contribution in [3.8, 4) is 11.4 Å². The molecule has 0 unspecified atom stereocenters. The summed E-state index contributed by atoms with van der Waals surface area (Å²) in [7, 11) is 1.68. The second-order valence-corrected chi connectivity index (χ2v) is 6.48. The molecule has 0 aliphatic rings. The van der Waals surface area contributed by atoms with Gasteiger partial charge in [-0.2, -0.15) is 4.98 Å². The van der Waals surface area contributed by atoms with Crippen molar-refractivity contribution in [2.45, 2.75) is 12.8 Å². The number of benzene rings is 2. The van der Waals surface area contributed by atoms with Crippen LogP contribution in [-0.4, -0.2) is 36.2 Å². The molecule has 6 nitrogen and oxygen atoms in total. The van der Waals surface area contributed by atoms with Crippen molar-refractivity contribution in [1.82, 2.24) is 20.8 Å². The Morgan fingerprint density at radius 1 is 1.10 bits per heavy atom. The summed E-state index contributed by atoms with van der Waals surface area (Å²) in [5.41, 5.74) is 1.48. The van der Waals surface area contributed by atoms with E-state index in [1.165, 1.54) is 6.07 Å². The molecule has 2 aromatic carbocycles. The average molecular weight is 530 g/mol. The number of guanidine groups is 1. The number of aliphatic imine (C=N–C) groups is 1. The number of hydrogen-bond donors (Lipinski definition) is 2. The second-order valence-electron chi connectivity index (χ2n) is 6.04. The first-order valence-electron chi connectivity index (χ1n) is 8.92. The standard InChI is InChI=1S/C20H21ClFN5O.HI/c1-23-20(24-11-9-14-5-2-3-8-17(14)22)25-12-10-18-26-19(27-28-18)15-6-4-7-16(21)13-15;/h2-8,13H,9-12H2,1H3,(H2,23,24,25);1H. The highest BCUT2D eigenvalue weighted by Gasteiger charge is 2.09. The van der Waals surface area contributed by atoms with Crippen LogP contribution in [0.3, 0.4) is 0 Å². The molecule has 154 valence electrons. The van der Waals surface area contributed by atoms with Crippen LogP contribution in [0.25, 0.3) is 11.4 Å². The zero-order valence-corrected chi connectivity index (χ0v) is 18.9. The molecule has 0 aliphatic heterocycles. The van der Waals surface area contributed by atoms with Gasteiger partial charge < -0.3 is 15.2 Å². The van der Waals surface area contributed by atoms with Crippen LogP contribution in [0.1, 0.15) is 11.5 Å². The van der Waals surface area contributed by atoms with Crippen LogP contribution < -0.4 is 10.6 Å². The average Bonchev–Trinajstić information content (AvgIpc) is 3.17. The molecule has 1 aromatic heterocycles. The molecule has 1 heterocycles. The van der Waals surface area contributed by atoms with Crippen molar-refractivity contribution in [3.63, 3.8) is 0 Å². The summed E-state index contributed by atoms with van der Waals surface area (Å²) in [5.74, 6) is 1.46. The van der Waals surface area contributed by atoms with Crippen molar-refractivity contribution >= 4 is 41.5 Å². The van der Waals surface area contributed by atoms with Gasteiger partial charge in [0.1, 0.15) is 5.82 Å². The molecule has 3 aromatic rings. The third-order valence-electron chi connectivity index (χ3n) is 4.05. The first-order chi connectivity index (χ1) is 13.7. The Labute approximate surface area is 191 Å². The lowest BCUT2D eigenvalue weighted by atomic mass is 10.1. The Morgan fingerprint density at radius 2 is 1.86 bits per heavy atom. The number of rotatable bonds is 7. The minimum Gasteiger partial charge on any atom is -0.356 e. The van der Waals surface area contributed by atoms with Gasteiger partial charge in [0.15, 0.2) is 5.96 Å². The Kier molecular flexibility index (Phi) is 9.33. The zero-order valence-electron chi connectivity index (χ0n) is 15.9. The molecule has 0 aliphatic carbocycles. The van der Waals surface area contributed by atoms with Gasteiger partial charge >= 0.3 is 0 Å². The monoisotopic (exact) mass is 529 g/mol. The molecule has 3 rings (SSSR count). The third-order valence-corrected chi connectivity index (χ3v) is 4.29. The van der Waals surface area contributed by atoms with E-state index < -0.39 is 0 Å². The van der Waals surface area contributed by atoms with Crippen molar-refractivity contribution in [1.29, 1.82) is 0 Å². The molecule has 0 atom stereocenters. The van der Waals surface area contributed by atoms with Crippen LogP contribution in [0.2, 0.25) is 5.02 Å². The van der Waals surface area contributed by atoms with E-state index in [1.54, 1.807) is 31.3 Å². The molecule has 0 saturated heterocycles. The van der Waals surface area contributed by atoms with Gasteiger partial charge in [-0.15, -0.1) is 24.0 Å². The molecule has 0 bridgehead atoms. The highest BCUT2D eigenvalue weighted by Crippen LogP contribution is 2.19. The van der Waals surface area contributed by atoms with E-state index >= 15 is 0 Å². The van der Waals surface area contributed by atoms with Gasteiger partial charge in [-0.1, -0.05) is 47.1 Å². The Hall–Kier alpha value is -2.20. The minimum atomic E-state index is -0.195. The Morgan fingerprint density at radius 3 is 2.59 bits per heavy atom. The van der Waals surface area contributed by atoms with Crippen molar-refractivity contribution < 1.29 is 8.91 Å². The molecule has 0 amide bonds. The van der Waals surface area contributed by atoms with Crippen molar-refractivity contribution in [3.05, 3.63) is 70.8 Å². The molecule has 0 radical (unpaired) electrons. The van der Waals surface area contributed by atoms with Gasteiger partial charge in [-0.05, 0) is 30.2 Å².